The first-order valence-corrected chi connectivity index (χ1v) is 14.3. The average molecular weight is 440 g/mol. The van der Waals surface area contributed by atoms with Crippen LogP contribution in [0.5, 0.6) is 0 Å². The van der Waals surface area contributed by atoms with E-state index in [2.05, 4.69) is 19.9 Å². The van der Waals surface area contributed by atoms with Gasteiger partial charge >= 0.3 is 7.94 Å². The Hall–Kier alpha value is -0.470. The molecule has 0 spiro atoms. The van der Waals surface area contributed by atoms with Crippen LogP contribution in [0.3, 0.4) is 0 Å². The maximum absolute atomic E-state index is 9.95. The molecule has 0 aliphatic carbocycles. The standard InChI is InChI=1S/C26H48O3P/c1-3-5-7-9-11-13-15-17-20-24-21-19-23-26(30(27,28)29)25(24)22-18-16-14-12-10-8-6-4-2/h19,21,23,27-29H,3-18,20,22H2,1-2H3/q+1. The van der Waals surface area contributed by atoms with Gasteiger partial charge in [-0.1, -0.05) is 116 Å². The highest BCUT2D eigenvalue weighted by molar-refractivity contribution is 7.66. The van der Waals surface area contributed by atoms with E-state index in [1.54, 1.807) is 6.07 Å². The third kappa shape index (κ3) is 12.4. The van der Waals surface area contributed by atoms with Crippen LogP contribution >= 0.6 is 7.94 Å². The van der Waals surface area contributed by atoms with E-state index in [1.807, 2.05) is 6.07 Å². The molecule has 1 aromatic rings. The lowest BCUT2D eigenvalue weighted by Crippen LogP contribution is -2.18. The van der Waals surface area contributed by atoms with E-state index in [1.165, 1.54) is 95.5 Å². The molecule has 4 heteroatoms. The van der Waals surface area contributed by atoms with Crippen molar-refractivity contribution in [2.45, 2.75) is 129 Å². The third-order valence-electron chi connectivity index (χ3n) is 6.15. The molecule has 0 bridgehead atoms. The summed E-state index contributed by atoms with van der Waals surface area (Å²) in [7, 11) is -3.97. The molecule has 0 saturated heterocycles. The molecule has 0 unspecified atom stereocenters. The van der Waals surface area contributed by atoms with Crippen LogP contribution in [0.4, 0.5) is 0 Å². The summed E-state index contributed by atoms with van der Waals surface area (Å²) in [4.78, 5) is 29.9. The van der Waals surface area contributed by atoms with Gasteiger partial charge < -0.3 is 0 Å². The summed E-state index contributed by atoms with van der Waals surface area (Å²) in [6.45, 7) is 4.50. The normalized spacial score (nSPS) is 11.9. The lowest BCUT2D eigenvalue weighted by atomic mass is 9.96. The molecule has 1 rings (SSSR count). The second kappa shape index (κ2) is 17.1. The van der Waals surface area contributed by atoms with Gasteiger partial charge in [0, 0.05) is 5.56 Å². The van der Waals surface area contributed by atoms with E-state index in [0.29, 0.717) is 5.30 Å². The maximum atomic E-state index is 9.95. The minimum absolute atomic E-state index is 0.377. The first kappa shape index (κ1) is 27.6. The van der Waals surface area contributed by atoms with E-state index in [-0.39, 0.29) is 0 Å². The summed E-state index contributed by atoms with van der Waals surface area (Å²) in [5, 5.41) is 0.377. The Morgan fingerprint density at radius 1 is 0.567 bits per heavy atom. The van der Waals surface area contributed by atoms with Crippen molar-refractivity contribution in [1.82, 2.24) is 0 Å². The van der Waals surface area contributed by atoms with Crippen LogP contribution in [0.15, 0.2) is 18.2 Å². The van der Waals surface area contributed by atoms with Gasteiger partial charge in [-0.2, -0.15) is 14.7 Å². The zero-order chi connectivity index (χ0) is 22.1. The van der Waals surface area contributed by atoms with Crippen molar-refractivity contribution in [2.75, 3.05) is 0 Å². The SMILES string of the molecule is CCCCCCCCCCc1cccc([P+](O)(O)O)c1CCCCCCCCCC. The first-order chi connectivity index (χ1) is 14.5. The van der Waals surface area contributed by atoms with E-state index < -0.39 is 7.94 Å². The molecule has 30 heavy (non-hydrogen) atoms. The second-order valence-electron chi connectivity index (χ2n) is 8.93. The van der Waals surface area contributed by atoms with Gasteiger partial charge in [0.1, 0.15) is 0 Å². The van der Waals surface area contributed by atoms with Crippen LogP contribution in [-0.2, 0) is 12.8 Å². The fourth-order valence-corrected chi connectivity index (χ4v) is 5.21. The zero-order valence-corrected chi connectivity index (χ0v) is 20.6. The van der Waals surface area contributed by atoms with Gasteiger partial charge in [0.2, 0.25) is 0 Å². The molecule has 0 fully saturated rings. The van der Waals surface area contributed by atoms with Gasteiger partial charge in [0.05, 0.1) is 0 Å². The molecule has 0 aromatic heterocycles. The quantitative estimate of drug-likeness (QED) is 0.155. The molecule has 3 N–H and O–H groups in total. The lowest BCUT2D eigenvalue weighted by Gasteiger charge is -2.14. The number of aryl methyl sites for hydroxylation is 1. The molecular formula is C26H48O3P+. The van der Waals surface area contributed by atoms with Crippen LogP contribution < -0.4 is 5.30 Å². The number of rotatable bonds is 19. The Morgan fingerprint density at radius 2 is 1.00 bits per heavy atom. The van der Waals surface area contributed by atoms with Gasteiger partial charge in [-0.15, -0.1) is 0 Å². The molecule has 3 nitrogen and oxygen atoms in total. The summed E-state index contributed by atoms with van der Waals surface area (Å²) in [6, 6.07) is 5.68. The first-order valence-electron chi connectivity index (χ1n) is 12.7. The Bertz CT molecular complexity index is 540. The van der Waals surface area contributed by atoms with Crippen molar-refractivity contribution in [1.29, 1.82) is 0 Å². The van der Waals surface area contributed by atoms with E-state index in [0.717, 1.165) is 31.2 Å². The van der Waals surface area contributed by atoms with Crippen LogP contribution in [0, 0.1) is 0 Å². The van der Waals surface area contributed by atoms with Crippen molar-refractivity contribution < 1.29 is 14.7 Å². The van der Waals surface area contributed by atoms with E-state index in [9.17, 15) is 14.7 Å². The smallest absolute Gasteiger partial charge is 0.189 e. The summed E-state index contributed by atoms with van der Waals surface area (Å²) in [5.74, 6) is 0. The molecule has 174 valence electrons. The van der Waals surface area contributed by atoms with Gasteiger partial charge in [-0.25, -0.2) is 0 Å². The van der Waals surface area contributed by atoms with Crippen molar-refractivity contribution in [3.8, 4) is 0 Å². The van der Waals surface area contributed by atoms with Crippen LogP contribution in [0.25, 0.3) is 0 Å². The maximum Gasteiger partial charge on any atom is 0.441 e. The number of hydrogen-bond donors (Lipinski definition) is 3. The van der Waals surface area contributed by atoms with Crippen molar-refractivity contribution in [3.63, 3.8) is 0 Å². The van der Waals surface area contributed by atoms with Gasteiger partial charge in [-0.05, 0) is 37.3 Å². The molecule has 0 heterocycles. The highest BCUT2D eigenvalue weighted by Gasteiger charge is 2.37. The Labute approximate surface area is 186 Å². The minimum atomic E-state index is -3.97. The highest BCUT2D eigenvalue weighted by Crippen LogP contribution is 2.44. The van der Waals surface area contributed by atoms with Crippen LogP contribution in [0.2, 0.25) is 0 Å². The molecule has 0 amide bonds. The molecule has 0 radical (unpaired) electrons. The molecule has 1 aromatic carbocycles. The third-order valence-corrected chi connectivity index (χ3v) is 7.22. The Balaban J connectivity index is 2.48. The summed E-state index contributed by atoms with van der Waals surface area (Å²) in [6.07, 6.45) is 22.2. The summed E-state index contributed by atoms with van der Waals surface area (Å²) in [5.41, 5.74) is 2.19. The predicted octanol–water partition coefficient (Wildman–Crippen LogP) is 7.42. The monoisotopic (exact) mass is 439 g/mol. The average Bonchev–Trinajstić information content (AvgIpc) is 2.71. The number of hydrogen-bond acceptors (Lipinski definition) is 3. The Kier molecular flexibility index (Phi) is 15.7. The van der Waals surface area contributed by atoms with Crippen molar-refractivity contribution in [2.24, 2.45) is 0 Å². The molecule has 0 aliphatic heterocycles. The Morgan fingerprint density at radius 3 is 1.47 bits per heavy atom. The zero-order valence-electron chi connectivity index (χ0n) is 19.7. The summed E-state index contributed by atoms with van der Waals surface area (Å²) >= 11 is 0. The molecule has 0 atom stereocenters. The lowest BCUT2D eigenvalue weighted by molar-refractivity contribution is 0.346. The van der Waals surface area contributed by atoms with Crippen LogP contribution in [0.1, 0.15) is 128 Å². The molecule has 0 aliphatic rings. The van der Waals surface area contributed by atoms with E-state index in [4.69, 9.17) is 0 Å². The summed E-state index contributed by atoms with van der Waals surface area (Å²) < 4.78 is 0. The number of benzene rings is 1. The van der Waals surface area contributed by atoms with Crippen LogP contribution in [-0.4, -0.2) is 14.7 Å². The van der Waals surface area contributed by atoms with Gasteiger partial charge in [0.15, 0.2) is 5.30 Å². The highest BCUT2D eigenvalue weighted by atomic mass is 31.2. The molecule has 0 saturated carbocycles. The van der Waals surface area contributed by atoms with E-state index >= 15 is 0 Å². The van der Waals surface area contributed by atoms with Crippen molar-refractivity contribution >= 4 is 13.2 Å². The molecular weight excluding hydrogens is 391 g/mol. The fourth-order valence-electron chi connectivity index (χ4n) is 4.31. The minimum Gasteiger partial charge on any atom is -0.189 e. The van der Waals surface area contributed by atoms with Gasteiger partial charge in [0.25, 0.3) is 0 Å². The topological polar surface area (TPSA) is 60.7 Å². The number of unbranched alkanes of at least 4 members (excludes halogenated alkanes) is 14. The fraction of sp³-hybridized carbons (Fsp3) is 0.769. The predicted molar refractivity (Wildman–Crippen MR) is 132 cm³/mol. The van der Waals surface area contributed by atoms with Crippen molar-refractivity contribution in [3.05, 3.63) is 29.3 Å². The second-order valence-corrected chi connectivity index (χ2v) is 10.6. The largest absolute Gasteiger partial charge is 0.441 e. The van der Waals surface area contributed by atoms with Gasteiger partial charge in [-0.3, -0.25) is 0 Å².